The molecule has 0 spiro atoms. The molecule has 1 aromatic rings. The van der Waals surface area contributed by atoms with Crippen LogP contribution in [0.1, 0.15) is 63.7 Å². The number of anilines is 1. The molecular weight excluding hydrogens is 735 g/mol. The van der Waals surface area contributed by atoms with E-state index in [2.05, 4.69) is 26.6 Å². The summed E-state index contributed by atoms with van der Waals surface area (Å²) in [4.78, 5) is 73.8. The van der Waals surface area contributed by atoms with E-state index in [0.29, 0.717) is 30.3 Å². The minimum Gasteiger partial charge on any atom is -0.481 e. The lowest BCUT2D eigenvalue weighted by Crippen LogP contribution is -2.55. The van der Waals surface area contributed by atoms with E-state index in [9.17, 15) is 59.7 Å². The van der Waals surface area contributed by atoms with E-state index in [4.69, 9.17) is 10.3 Å². The first-order valence-corrected chi connectivity index (χ1v) is 19.1. The summed E-state index contributed by atoms with van der Waals surface area (Å²) in [5.74, 6) is -6.48. The Bertz CT molecular complexity index is 1610. The number of carbonyl (C=O) groups is 6. The van der Waals surface area contributed by atoms with E-state index >= 15 is 0 Å². The van der Waals surface area contributed by atoms with Crippen LogP contribution in [0.4, 0.5) is 10.1 Å². The number of carbonyl (C=O) groups excluding carboxylic acids is 5. The maximum atomic E-state index is 12.9. The number of benzene rings is 1. The number of carboxylic acid groups (broad SMARTS) is 1. The number of halogens is 1. The normalized spacial score (nSPS) is 12.9. The topological polar surface area (TPSA) is 318 Å². The molecule has 0 radical (unpaired) electrons. The molecule has 1 rings (SSSR count). The standard InChI is InChI=1S/C29H45FN6O10S.CH4O3S/c1-28(2,17-29(3,4)27(42)43)26(41)36-21(16-47(44,45)46)25(40)34-15-22(37)35-20(23(31)38)7-5-6-13-33-24(39)18-8-10-19(11-9-18)32-14-12-30;1-5(2,3)4/h8-11,20-21,32H,5-7,12-17H2,1-4H3,(H2,31,38)(H,33,39)(H,34,40)(H,35,37)(H,36,41)(H,42,43)(H,44,45,46);1H3,(H,2,3,4)/t20-,21?;/m0./s1. The Hall–Kier alpha value is -4.41. The molecule has 0 aliphatic rings. The molecule has 0 aliphatic carbocycles. The third kappa shape index (κ3) is 21.1. The number of hydrogen-bond donors (Lipinski definition) is 9. The molecule has 296 valence electrons. The average molecular weight is 785 g/mol. The number of primary amides is 1. The molecule has 5 amide bonds. The van der Waals surface area contributed by atoms with Crippen molar-refractivity contribution >= 4 is 61.4 Å². The van der Waals surface area contributed by atoms with Gasteiger partial charge < -0.3 is 37.4 Å². The van der Waals surface area contributed by atoms with E-state index < -0.39 is 91.7 Å². The first kappa shape index (κ1) is 47.6. The van der Waals surface area contributed by atoms with Gasteiger partial charge in [-0.2, -0.15) is 16.8 Å². The van der Waals surface area contributed by atoms with Crippen molar-refractivity contribution in [3.63, 3.8) is 0 Å². The Balaban J connectivity index is 0.00000484. The van der Waals surface area contributed by atoms with Gasteiger partial charge in [0.1, 0.15) is 24.5 Å². The van der Waals surface area contributed by atoms with E-state index in [1.54, 1.807) is 24.3 Å². The van der Waals surface area contributed by atoms with Crippen LogP contribution in [-0.2, 0) is 44.2 Å². The number of rotatable bonds is 21. The van der Waals surface area contributed by atoms with Gasteiger partial charge in [0.15, 0.2) is 0 Å². The van der Waals surface area contributed by atoms with Gasteiger partial charge in [0, 0.05) is 29.8 Å². The lowest BCUT2D eigenvalue weighted by atomic mass is 9.74. The maximum absolute atomic E-state index is 12.9. The molecule has 10 N–H and O–H groups in total. The zero-order chi connectivity index (χ0) is 40.5. The number of nitrogens with one attached hydrogen (secondary N) is 5. The summed E-state index contributed by atoms with van der Waals surface area (Å²) in [6, 6.07) is 3.47. The Kier molecular flexibility index (Phi) is 19.4. The van der Waals surface area contributed by atoms with Crippen LogP contribution in [0.3, 0.4) is 0 Å². The molecule has 0 bridgehead atoms. The van der Waals surface area contributed by atoms with Crippen molar-refractivity contribution in [2.75, 3.05) is 43.6 Å². The molecule has 1 aromatic carbocycles. The lowest BCUT2D eigenvalue weighted by molar-refractivity contribution is -0.150. The van der Waals surface area contributed by atoms with Crippen molar-refractivity contribution in [2.45, 2.75) is 65.5 Å². The molecule has 19 nitrogen and oxygen atoms in total. The number of unbranched alkanes of at least 4 members (excludes halogenated alkanes) is 1. The molecule has 0 saturated carbocycles. The van der Waals surface area contributed by atoms with Gasteiger partial charge in [0.25, 0.3) is 26.1 Å². The second-order valence-corrected chi connectivity index (χ2v) is 15.9. The summed E-state index contributed by atoms with van der Waals surface area (Å²) in [6.07, 6.45) is 1.43. The molecular formula is C30H49FN6O13S2. The predicted octanol–water partition coefficient (Wildman–Crippen LogP) is -0.542. The van der Waals surface area contributed by atoms with Crippen LogP contribution in [0.5, 0.6) is 0 Å². The molecule has 0 saturated heterocycles. The van der Waals surface area contributed by atoms with Crippen molar-refractivity contribution < 1.29 is 64.2 Å². The zero-order valence-electron chi connectivity index (χ0n) is 29.5. The summed E-state index contributed by atoms with van der Waals surface area (Å²) in [7, 11) is -8.46. The third-order valence-corrected chi connectivity index (χ3v) is 7.71. The van der Waals surface area contributed by atoms with Gasteiger partial charge in [-0.15, -0.1) is 0 Å². The highest BCUT2D eigenvalue weighted by Gasteiger charge is 2.40. The first-order valence-electron chi connectivity index (χ1n) is 15.6. The zero-order valence-corrected chi connectivity index (χ0v) is 31.2. The van der Waals surface area contributed by atoms with Crippen molar-refractivity contribution in [3.05, 3.63) is 29.8 Å². The largest absolute Gasteiger partial charge is 0.481 e. The van der Waals surface area contributed by atoms with Crippen LogP contribution in [0.25, 0.3) is 0 Å². The second kappa shape index (κ2) is 21.2. The van der Waals surface area contributed by atoms with Crippen LogP contribution in [-0.4, -0.2) is 117 Å². The number of nitrogens with two attached hydrogens (primary N) is 1. The van der Waals surface area contributed by atoms with Gasteiger partial charge in [-0.1, -0.05) is 13.8 Å². The third-order valence-electron chi connectivity index (χ3n) is 6.95. The number of carboxylic acids is 1. The molecule has 0 aromatic heterocycles. The first-order chi connectivity index (χ1) is 23.7. The van der Waals surface area contributed by atoms with Gasteiger partial charge in [0.2, 0.25) is 23.6 Å². The van der Waals surface area contributed by atoms with Crippen molar-refractivity contribution in [3.8, 4) is 0 Å². The average Bonchev–Trinajstić information content (AvgIpc) is 2.99. The second-order valence-electron chi connectivity index (χ2n) is 12.9. The summed E-state index contributed by atoms with van der Waals surface area (Å²) in [5, 5.41) is 21.6. The maximum Gasteiger partial charge on any atom is 0.309 e. The highest BCUT2D eigenvalue weighted by atomic mass is 32.2. The minimum atomic E-state index is -4.79. The Morgan fingerprint density at radius 1 is 0.846 bits per heavy atom. The molecule has 0 aliphatic heterocycles. The fourth-order valence-electron chi connectivity index (χ4n) is 4.54. The highest BCUT2D eigenvalue weighted by Crippen LogP contribution is 2.34. The molecule has 1 unspecified atom stereocenters. The van der Waals surface area contributed by atoms with Crippen molar-refractivity contribution in [1.82, 2.24) is 21.3 Å². The van der Waals surface area contributed by atoms with Crippen LogP contribution in [0.15, 0.2) is 24.3 Å². The monoisotopic (exact) mass is 784 g/mol. The summed E-state index contributed by atoms with van der Waals surface area (Å²) in [6.45, 7) is 4.71. The molecule has 0 fully saturated rings. The van der Waals surface area contributed by atoms with E-state index in [1.807, 2.05) is 0 Å². The predicted molar refractivity (Wildman–Crippen MR) is 187 cm³/mol. The number of alkyl halides is 1. The van der Waals surface area contributed by atoms with Gasteiger partial charge in [0.05, 0.1) is 18.2 Å². The summed E-state index contributed by atoms with van der Waals surface area (Å²) >= 11 is 0. The van der Waals surface area contributed by atoms with Crippen molar-refractivity contribution in [2.24, 2.45) is 16.6 Å². The van der Waals surface area contributed by atoms with E-state index in [0.717, 1.165) is 0 Å². The van der Waals surface area contributed by atoms with Gasteiger partial charge >= 0.3 is 5.97 Å². The SMILES string of the molecule is CC(C)(CC(C)(C)C(=O)NC(CS(=O)(=O)O)C(=O)NCC(=O)N[C@@H](CCCCNC(=O)c1ccc(NCCF)cc1)C(N)=O)C(=O)O.CS(=O)(=O)O. The smallest absolute Gasteiger partial charge is 0.309 e. The Morgan fingerprint density at radius 3 is 1.88 bits per heavy atom. The van der Waals surface area contributed by atoms with Crippen LogP contribution in [0.2, 0.25) is 0 Å². The summed E-state index contributed by atoms with van der Waals surface area (Å²) < 4.78 is 70.5. The Morgan fingerprint density at radius 2 is 1.40 bits per heavy atom. The molecule has 22 heteroatoms. The fraction of sp³-hybridized carbons (Fsp3) is 0.600. The van der Waals surface area contributed by atoms with Gasteiger partial charge in [-0.3, -0.25) is 37.9 Å². The molecule has 0 heterocycles. The van der Waals surface area contributed by atoms with E-state index in [-0.39, 0.29) is 31.8 Å². The highest BCUT2D eigenvalue weighted by molar-refractivity contribution is 7.85. The molecule has 2 atom stereocenters. The Labute approximate surface area is 301 Å². The van der Waals surface area contributed by atoms with Crippen molar-refractivity contribution in [1.29, 1.82) is 0 Å². The molecule has 52 heavy (non-hydrogen) atoms. The van der Waals surface area contributed by atoms with Crippen LogP contribution < -0.4 is 32.3 Å². The number of hydrogen-bond acceptors (Lipinski definition) is 11. The summed E-state index contributed by atoms with van der Waals surface area (Å²) in [5.41, 5.74) is 3.72. The minimum absolute atomic E-state index is 0.100. The van der Waals surface area contributed by atoms with Gasteiger partial charge in [-0.25, -0.2) is 4.39 Å². The lowest BCUT2D eigenvalue weighted by Gasteiger charge is -2.32. The van der Waals surface area contributed by atoms with Crippen LogP contribution >= 0.6 is 0 Å². The van der Waals surface area contributed by atoms with E-state index in [1.165, 1.54) is 27.7 Å². The van der Waals surface area contributed by atoms with Crippen LogP contribution in [0, 0.1) is 10.8 Å². The number of amides is 5. The fourth-order valence-corrected chi connectivity index (χ4v) is 5.19. The number of aliphatic carboxylic acids is 1. The van der Waals surface area contributed by atoms with Gasteiger partial charge in [-0.05, 0) is 63.8 Å². The quantitative estimate of drug-likeness (QED) is 0.0559.